The second-order valence-corrected chi connectivity index (χ2v) is 6.36. The van der Waals surface area contributed by atoms with E-state index in [0.717, 1.165) is 12.1 Å². The Bertz CT molecular complexity index is 664. The minimum absolute atomic E-state index is 0.0451. The largest absolute Gasteiger partial charge is 0.392 e. The van der Waals surface area contributed by atoms with Gasteiger partial charge >= 0.3 is 0 Å². The standard InChI is InChI=1S/C13H15FN2O3S/c14-11-3-4-13(10(8-11)2-1-6-15)20(18,19)16-7-5-12(17)9-16/h3-4,8,12,17H,5-7,9,15H2. The number of rotatable bonds is 2. The molecule has 1 aliphatic rings. The Hall–Kier alpha value is -1.46. The van der Waals surface area contributed by atoms with E-state index >= 15 is 0 Å². The van der Waals surface area contributed by atoms with Gasteiger partial charge in [0, 0.05) is 18.7 Å². The maximum absolute atomic E-state index is 13.3. The molecule has 0 bridgehead atoms. The van der Waals surface area contributed by atoms with Crippen molar-refractivity contribution in [1.29, 1.82) is 0 Å². The lowest BCUT2D eigenvalue weighted by Gasteiger charge is -2.16. The van der Waals surface area contributed by atoms with Crippen LogP contribution in [0.1, 0.15) is 12.0 Å². The van der Waals surface area contributed by atoms with Crippen LogP contribution in [0.2, 0.25) is 0 Å². The molecular formula is C13H15FN2O3S. The van der Waals surface area contributed by atoms with Gasteiger partial charge in [-0.15, -0.1) is 0 Å². The van der Waals surface area contributed by atoms with Gasteiger partial charge in [-0.3, -0.25) is 0 Å². The molecule has 1 atom stereocenters. The first-order valence-electron chi connectivity index (χ1n) is 6.12. The first-order valence-corrected chi connectivity index (χ1v) is 7.56. The van der Waals surface area contributed by atoms with E-state index in [4.69, 9.17) is 5.73 Å². The Morgan fingerprint density at radius 1 is 1.50 bits per heavy atom. The van der Waals surface area contributed by atoms with E-state index in [0.29, 0.717) is 6.42 Å². The zero-order chi connectivity index (χ0) is 14.8. The summed E-state index contributed by atoms with van der Waals surface area (Å²) in [6.45, 7) is 0.340. The van der Waals surface area contributed by atoms with E-state index in [1.165, 1.54) is 10.4 Å². The SMILES string of the molecule is NCC#Cc1cc(F)ccc1S(=O)(=O)N1CCC(O)C1. The summed E-state index contributed by atoms with van der Waals surface area (Å²) < 4.78 is 39.4. The van der Waals surface area contributed by atoms with Crippen molar-refractivity contribution in [3.63, 3.8) is 0 Å². The first-order chi connectivity index (χ1) is 9.45. The van der Waals surface area contributed by atoms with Crippen LogP contribution in [0.5, 0.6) is 0 Å². The van der Waals surface area contributed by atoms with E-state index in [1.54, 1.807) is 0 Å². The molecule has 1 saturated heterocycles. The molecule has 1 aromatic carbocycles. The first kappa shape index (κ1) is 14.9. The maximum Gasteiger partial charge on any atom is 0.244 e. The molecule has 0 saturated carbocycles. The van der Waals surface area contributed by atoms with Crippen LogP contribution >= 0.6 is 0 Å². The summed E-state index contributed by atoms with van der Waals surface area (Å²) >= 11 is 0. The van der Waals surface area contributed by atoms with Crippen LogP contribution in [0, 0.1) is 17.7 Å². The van der Waals surface area contributed by atoms with Crippen molar-refractivity contribution >= 4 is 10.0 Å². The number of halogens is 1. The number of nitrogens with zero attached hydrogens (tertiary/aromatic N) is 1. The Kier molecular flexibility index (Phi) is 4.40. The fourth-order valence-electron chi connectivity index (χ4n) is 2.04. The molecule has 0 aromatic heterocycles. The number of aliphatic hydroxyl groups excluding tert-OH is 1. The normalized spacial score (nSPS) is 19.6. The fourth-order valence-corrected chi connectivity index (χ4v) is 3.66. The molecule has 0 aliphatic carbocycles. The van der Waals surface area contributed by atoms with Crippen LogP contribution in [0.3, 0.4) is 0 Å². The Morgan fingerprint density at radius 3 is 2.85 bits per heavy atom. The number of aliphatic hydroxyl groups is 1. The van der Waals surface area contributed by atoms with Crippen LogP contribution < -0.4 is 5.73 Å². The summed E-state index contributed by atoms with van der Waals surface area (Å²) in [4.78, 5) is -0.0612. The minimum atomic E-state index is -3.79. The number of hydrogen-bond donors (Lipinski definition) is 2. The van der Waals surface area contributed by atoms with Crippen molar-refractivity contribution in [2.45, 2.75) is 17.4 Å². The lowest BCUT2D eigenvalue weighted by molar-refractivity contribution is 0.189. The summed E-state index contributed by atoms with van der Waals surface area (Å²) in [5.41, 5.74) is 5.33. The summed E-state index contributed by atoms with van der Waals surface area (Å²) in [6.07, 6.45) is -0.270. The van der Waals surface area contributed by atoms with Gasteiger partial charge in [0.1, 0.15) is 5.82 Å². The quantitative estimate of drug-likeness (QED) is 0.746. The van der Waals surface area contributed by atoms with Gasteiger partial charge < -0.3 is 10.8 Å². The van der Waals surface area contributed by atoms with E-state index in [-0.39, 0.29) is 30.1 Å². The molecule has 0 amide bonds. The van der Waals surface area contributed by atoms with Gasteiger partial charge in [0.25, 0.3) is 0 Å². The summed E-state index contributed by atoms with van der Waals surface area (Å²) in [7, 11) is -3.79. The molecule has 1 heterocycles. The third kappa shape index (κ3) is 2.99. The molecule has 20 heavy (non-hydrogen) atoms. The van der Waals surface area contributed by atoms with E-state index in [9.17, 15) is 17.9 Å². The number of hydrogen-bond acceptors (Lipinski definition) is 4. The van der Waals surface area contributed by atoms with Crippen molar-refractivity contribution in [2.24, 2.45) is 5.73 Å². The molecule has 1 fully saturated rings. The number of sulfonamides is 1. The van der Waals surface area contributed by atoms with Gasteiger partial charge in [-0.1, -0.05) is 11.8 Å². The highest BCUT2D eigenvalue weighted by atomic mass is 32.2. The molecular weight excluding hydrogens is 283 g/mol. The zero-order valence-electron chi connectivity index (χ0n) is 10.7. The average Bonchev–Trinajstić information content (AvgIpc) is 2.83. The fraction of sp³-hybridized carbons (Fsp3) is 0.385. The lowest BCUT2D eigenvalue weighted by atomic mass is 10.2. The van der Waals surface area contributed by atoms with E-state index in [2.05, 4.69) is 11.8 Å². The van der Waals surface area contributed by atoms with E-state index in [1.807, 2.05) is 0 Å². The second-order valence-electron chi connectivity index (χ2n) is 4.45. The molecule has 108 valence electrons. The number of β-amino-alcohol motifs (C(OH)–C–C–N with tert-alkyl or cyclic N) is 1. The van der Waals surface area contributed by atoms with Gasteiger partial charge in [-0.25, -0.2) is 12.8 Å². The molecule has 2 rings (SSSR count). The van der Waals surface area contributed by atoms with Crippen LogP contribution in [0.25, 0.3) is 0 Å². The van der Waals surface area contributed by atoms with Crippen LogP contribution in [0.4, 0.5) is 4.39 Å². The lowest BCUT2D eigenvalue weighted by Crippen LogP contribution is -2.30. The van der Waals surface area contributed by atoms with Gasteiger partial charge in [-0.05, 0) is 24.6 Å². The summed E-state index contributed by atoms with van der Waals surface area (Å²) in [6, 6.07) is 3.34. The van der Waals surface area contributed by atoms with Crippen LogP contribution in [-0.4, -0.2) is 43.6 Å². The van der Waals surface area contributed by atoms with Crippen molar-refractivity contribution < 1.29 is 17.9 Å². The molecule has 3 N–H and O–H groups in total. The molecule has 1 aromatic rings. The Labute approximate surface area is 117 Å². The topological polar surface area (TPSA) is 83.6 Å². The molecule has 5 nitrogen and oxygen atoms in total. The predicted molar refractivity (Wildman–Crippen MR) is 71.7 cm³/mol. The smallest absolute Gasteiger partial charge is 0.244 e. The third-order valence-electron chi connectivity index (χ3n) is 3.01. The minimum Gasteiger partial charge on any atom is -0.392 e. The summed E-state index contributed by atoms with van der Waals surface area (Å²) in [5, 5.41) is 9.45. The van der Waals surface area contributed by atoms with Gasteiger partial charge in [0.2, 0.25) is 10.0 Å². The highest BCUT2D eigenvalue weighted by Gasteiger charge is 2.32. The van der Waals surface area contributed by atoms with Crippen molar-refractivity contribution in [2.75, 3.05) is 19.6 Å². The van der Waals surface area contributed by atoms with Crippen LogP contribution in [0.15, 0.2) is 23.1 Å². The monoisotopic (exact) mass is 298 g/mol. The molecule has 1 unspecified atom stereocenters. The molecule has 0 spiro atoms. The second kappa shape index (κ2) is 5.89. The van der Waals surface area contributed by atoms with Gasteiger partial charge in [-0.2, -0.15) is 4.31 Å². The van der Waals surface area contributed by atoms with Gasteiger partial charge in [0.05, 0.1) is 17.5 Å². The molecule has 1 aliphatic heterocycles. The molecule has 0 radical (unpaired) electrons. The zero-order valence-corrected chi connectivity index (χ0v) is 11.5. The predicted octanol–water partition coefficient (Wildman–Crippen LogP) is -0.109. The van der Waals surface area contributed by atoms with Gasteiger partial charge in [0.15, 0.2) is 0 Å². The highest BCUT2D eigenvalue weighted by Crippen LogP contribution is 2.24. The van der Waals surface area contributed by atoms with Crippen molar-refractivity contribution in [3.05, 3.63) is 29.6 Å². The average molecular weight is 298 g/mol. The number of nitrogens with two attached hydrogens (primary N) is 1. The van der Waals surface area contributed by atoms with E-state index < -0.39 is 21.9 Å². The highest BCUT2D eigenvalue weighted by molar-refractivity contribution is 7.89. The summed E-state index contributed by atoms with van der Waals surface area (Å²) in [5.74, 6) is 4.53. The Balaban J connectivity index is 2.46. The molecule has 7 heteroatoms. The Morgan fingerprint density at radius 2 is 2.25 bits per heavy atom. The van der Waals surface area contributed by atoms with Crippen molar-refractivity contribution in [3.8, 4) is 11.8 Å². The number of benzene rings is 1. The maximum atomic E-state index is 13.3. The third-order valence-corrected chi connectivity index (χ3v) is 4.93. The van der Waals surface area contributed by atoms with Crippen LogP contribution in [-0.2, 0) is 10.0 Å². The van der Waals surface area contributed by atoms with Crippen molar-refractivity contribution in [1.82, 2.24) is 4.31 Å².